The van der Waals surface area contributed by atoms with E-state index in [-0.39, 0.29) is 5.56 Å². The standard InChI is InChI=1S/C15H13N3O2/c1-9-13(15(19)20)10(2)18-14(17-9)12(8-16-18)11-6-4-3-5-7-11/h3-8H,1-2H3,(H,19,20). The van der Waals surface area contributed by atoms with Gasteiger partial charge in [0.05, 0.1) is 17.6 Å². The highest BCUT2D eigenvalue weighted by Gasteiger charge is 2.18. The van der Waals surface area contributed by atoms with Gasteiger partial charge in [0, 0.05) is 5.56 Å². The molecule has 0 spiro atoms. The molecule has 1 aromatic carbocycles. The van der Waals surface area contributed by atoms with E-state index in [4.69, 9.17) is 0 Å². The molecule has 0 radical (unpaired) electrons. The molecule has 0 aliphatic carbocycles. The van der Waals surface area contributed by atoms with Crippen LogP contribution >= 0.6 is 0 Å². The van der Waals surface area contributed by atoms with Crippen molar-refractivity contribution in [3.05, 3.63) is 53.5 Å². The lowest BCUT2D eigenvalue weighted by Gasteiger charge is -2.07. The van der Waals surface area contributed by atoms with Crippen LogP contribution in [-0.2, 0) is 0 Å². The van der Waals surface area contributed by atoms with Crippen LogP contribution in [0, 0.1) is 13.8 Å². The highest BCUT2D eigenvalue weighted by atomic mass is 16.4. The Morgan fingerprint density at radius 2 is 1.90 bits per heavy atom. The highest BCUT2D eigenvalue weighted by Crippen LogP contribution is 2.25. The second kappa shape index (κ2) is 4.45. The predicted octanol–water partition coefficient (Wildman–Crippen LogP) is 2.71. The van der Waals surface area contributed by atoms with Crippen LogP contribution < -0.4 is 0 Å². The molecule has 5 nitrogen and oxygen atoms in total. The maximum atomic E-state index is 11.3. The number of aryl methyl sites for hydroxylation is 2. The normalized spacial score (nSPS) is 10.9. The van der Waals surface area contributed by atoms with Crippen molar-refractivity contribution in [1.82, 2.24) is 14.6 Å². The van der Waals surface area contributed by atoms with Crippen LogP contribution in [0.2, 0.25) is 0 Å². The first kappa shape index (κ1) is 12.3. The van der Waals surface area contributed by atoms with Crippen molar-refractivity contribution >= 4 is 11.6 Å². The fourth-order valence-corrected chi connectivity index (χ4v) is 2.41. The molecule has 0 saturated heterocycles. The van der Waals surface area contributed by atoms with E-state index in [1.807, 2.05) is 30.3 Å². The maximum Gasteiger partial charge on any atom is 0.339 e. The molecule has 0 aliphatic rings. The van der Waals surface area contributed by atoms with Gasteiger partial charge < -0.3 is 5.11 Å². The molecule has 0 atom stereocenters. The Bertz CT molecular complexity index is 807. The van der Waals surface area contributed by atoms with Crippen LogP contribution in [0.15, 0.2) is 36.5 Å². The minimum atomic E-state index is -0.980. The van der Waals surface area contributed by atoms with E-state index >= 15 is 0 Å². The summed E-state index contributed by atoms with van der Waals surface area (Å²) in [6.45, 7) is 3.45. The smallest absolute Gasteiger partial charge is 0.339 e. The van der Waals surface area contributed by atoms with Crippen molar-refractivity contribution in [2.24, 2.45) is 0 Å². The van der Waals surface area contributed by atoms with Gasteiger partial charge in [-0.2, -0.15) is 5.10 Å². The quantitative estimate of drug-likeness (QED) is 0.775. The van der Waals surface area contributed by atoms with Crippen LogP contribution in [-0.4, -0.2) is 25.7 Å². The minimum Gasteiger partial charge on any atom is -0.478 e. The Labute approximate surface area is 115 Å². The number of carboxylic acids is 1. The molecule has 0 amide bonds. The average Bonchev–Trinajstić information content (AvgIpc) is 2.83. The van der Waals surface area contributed by atoms with Crippen molar-refractivity contribution in [1.29, 1.82) is 0 Å². The largest absolute Gasteiger partial charge is 0.478 e. The summed E-state index contributed by atoms with van der Waals surface area (Å²) in [6.07, 6.45) is 1.72. The van der Waals surface area contributed by atoms with Crippen LogP contribution in [0.5, 0.6) is 0 Å². The molecular weight excluding hydrogens is 254 g/mol. The van der Waals surface area contributed by atoms with Gasteiger partial charge in [-0.3, -0.25) is 0 Å². The van der Waals surface area contributed by atoms with E-state index in [1.54, 1.807) is 24.6 Å². The number of nitrogens with zero attached hydrogens (tertiary/aromatic N) is 3. The first-order valence-corrected chi connectivity index (χ1v) is 6.23. The molecule has 0 bridgehead atoms. The Morgan fingerprint density at radius 3 is 2.55 bits per heavy atom. The first-order valence-electron chi connectivity index (χ1n) is 6.23. The highest BCUT2D eigenvalue weighted by molar-refractivity contribution is 5.91. The van der Waals surface area contributed by atoms with Gasteiger partial charge >= 0.3 is 5.97 Å². The average molecular weight is 267 g/mol. The zero-order valence-electron chi connectivity index (χ0n) is 11.2. The van der Waals surface area contributed by atoms with Crippen molar-refractivity contribution in [2.45, 2.75) is 13.8 Å². The number of hydrogen-bond donors (Lipinski definition) is 1. The van der Waals surface area contributed by atoms with Gasteiger partial charge in [-0.05, 0) is 19.4 Å². The molecule has 20 heavy (non-hydrogen) atoms. The minimum absolute atomic E-state index is 0.209. The van der Waals surface area contributed by atoms with Crippen LogP contribution in [0.4, 0.5) is 0 Å². The fraction of sp³-hybridized carbons (Fsp3) is 0.133. The summed E-state index contributed by atoms with van der Waals surface area (Å²) in [7, 11) is 0. The maximum absolute atomic E-state index is 11.3. The summed E-state index contributed by atoms with van der Waals surface area (Å²) in [5, 5.41) is 13.5. The molecule has 2 aromatic heterocycles. The number of carbonyl (C=O) groups is 1. The molecule has 3 aromatic rings. The molecule has 1 N–H and O–H groups in total. The Morgan fingerprint density at radius 1 is 1.20 bits per heavy atom. The number of carboxylic acid groups (broad SMARTS) is 1. The van der Waals surface area contributed by atoms with E-state index in [1.165, 1.54) is 0 Å². The first-order chi connectivity index (χ1) is 9.59. The van der Waals surface area contributed by atoms with Gasteiger partial charge in [-0.15, -0.1) is 0 Å². The number of rotatable bonds is 2. The molecule has 2 heterocycles. The summed E-state index contributed by atoms with van der Waals surface area (Å²) < 4.78 is 1.58. The van der Waals surface area contributed by atoms with Crippen molar-refractivity contribution in [3.63, 3.8) is 0 Å². The lowest BCUT2D eigenvalue weighted by molar-refractivity contribution is 0.0694. The third-order valence-corrected chi connectivity index (χ3v) is 3.36. The van der Waals surface area contributed by atoms with E-state index < -0.39 is 5.97 Å². The van der Waals surface area contributed by atoms with Crippen LogP contribution in [0.3, 0.4) is 0 Å². The molecule has 5 heteroatoms. The zero-order chi connectivity index (χ0) is 14.3. The third kappa shape index (κ3) is 1.75. The topological polar surface area (TPSA) is 67.5 Å². The molecule has 0 fully saturated rings. The van der Waals surface area contributed by atoms with Crippen molar-refractivity contribution in [2.75, 3.05) is 0 Å². The molecule has 100 valence electrons. The third-order valence-electron chi connectivity index (χ3n) is 3.36. The van der Waals surface area contributed by atoms with E-state index in [0.717, 1.165) is 11.1 Å². The summed E-state index contributed by atoms with van der Waals surface area (Å²) in [5.74, 6) is -0.980. The van der Waals surface area contributed by atoms with Gasteiger partial charge in [-0.25, -0.2) is 14.3 Å². The molecule has 0 aliphatic heterocycles. The fourth-order valence-electron chi connectivity index (χ4n) is 2.41. The second-order valence-corrected chi connectivity index (χ2v) is 4.62. The number of aromatic carboxylic acids is 1. The molecule has 0 saturated carbocycles. The Balaban J connectivity index is 2.33. The Kier molecular flexibility index (Phi) is 2.75. The van der Waals surface area contributed by atoms with E-state index in [9.17, 15) is 9.90 Å². The zero-order valence-corrected chi connectivity index (χ0v) is 11.2. The molecule has 0 unspecified atom stereocenters. The van der Waals surface area contributed by atoms with E-state index in [0.29, 0.717) is 17.0 Å². The second-order valence-electron chi connectivity index (χ2n) is 4.62. The van der Waals surface area contributed by atoms with Crippen molar-refractivity contribution < 1.29 is 9.90 Å². The lowest BCUT2D eigenvalue weighted by Crippen LogP contribution is -2.10. The van der Waals surface area contributed by atoms with Gasteiger partial charge in [0.1, 0.15) is 5.56 Å². The summed E-state index contributed by atoms with van der Waals surface area (Å²) >= 11 is 0. The van der Waals surface area contributed by atoms with E-state index in [2.05, 4.69) is 10.1 Å². The molecule has 3 rings (SSSR count). The summed E-state index contributed by atoms with van der Waals surface area (Å²) in [6, 6.07) is 9.80. The number of aromatic nitrogens is 3. The predicted molar refractivity (Wildman–Crippen MR) is 74.9 cm³/mol. The monoisotopic (exact) mass is 267 g/mol. The van der Waals surface area contributed by atoms with Crippen molar-refractivity contribution in [3.8, 4) is 11.1 Å². The van der Waals surface area contributed by atoms with Crippen LogP contribution in [0.25, 0.3) is 16.8 Å². The van der Waals surface area contributed by atoms with Gasteiger partial charge in [0.2, 0.25) is 0 Å². The lowest BCUT2D eigenvalue weighted by atomic mass is 10.1. The number of hydrogen-bond acceptors (Lipinski definition) is 3. The van der Waals surface area contributed by atoms with Crippen LogP contribution in [0.1, 0.15) is 21.7 Å². The number of fused-ring (bicyclic) bond motifs is 1. The van der Waals surface area contributed by atoms with Gasteiger partial charge in [0.25, 0.3) is 0 Å². The summed E-state index contributed by atoms with van der Waals surface area (Å²) in [4.78, 5) is 15.7. The Hall–Kier alpha value is -2.69. The van der Waals surface area contributed by atoms with Gasteiger partial charge in [0.15, 0.2) is 5.65 Å². The summed E-state index contributed by atoms with van der Waals surface area (Å²) in [5.41, 5.74) is 3.88. The SMILES string of the molecule is Cc1nc2c(-c3ccccc3)cnn2c(C)c1C(=O)O. The molecular formula is C15H13N3O2. The number of benzene rings is 1. The van der Waals surface area contributed by atoms with Gasteiger partial charge in [-0.1, -0.05) is 30.3 Å².